The van der Waals surface area contributed by atoms with Crippen molar-refractivity contribution >= 4 is 5.91 Å². The summed E-state index contributed by atoms with van der Waals surface area (Å²) in [6.45, 7) is 8.01. The van der Waals surface area contributed by atoms with Crippen LogP contribution in [0.1, 0.15) is 50.5 Å². The topological polar surface area (TPSA) is 54.3 Å². The van der Waals surface area contributed by atoms with Crippen LogP contribution in [0.2, 0.25) is 0 Å². The number of aliphatic hydroxyl groups is 1. The summed E-state index contributed by atoms with van der Waals surface area (Å²) in [5, 5.41) is 11.9. The molecular formula is C15H26N2O2. The van der Waals surface area contributed by atoms with Gasteiger partial charge in [0, 0.05) is 25.9 Å². The van der Waals surface area contributed by atoms with Gasteiger partial charge in [0.05, 0.1) is 0 Å². The van der Waals surface area contributed by atoms with Crippen LogP contribution in [0, 0.1) is 5.41 Å². The molecule has 0 fully saturated rings. The Hall–Kier alpha value is -1.29. The Morgan fingerprint density at radius 2 is 2.21 bits per heavy atom. The van der Waals surface area contributed by atoms with Crippen molar-refractivity contribution in [2.24, 2.45) is 5.41 Å². The lowest BCUT2D eigenvalue weighted by Gasteiger charge is -2.24. The monoisotopic (exact) mass is 266 g/mol. The molecule has 0 aromatic carbocycles. The summed E-state index contributed by atoms with van der Waals surface area (Å²) < 4.78 is 1.98. The van der Waals surface area contributed by atoms with E-state index in [4.69, 9.17) is 5.11 Å². The van der Waals surface area contributed by atoms with Crippen LogP contribution in [0.5, 0.6) is 0 Å². The number of nitrogens with zero attached hydrogens (tertiary/aromatic N) is 1. The van der Waals surface area contributed by atoms with Gasteiger partial charge < -0.3 is 15.0 Å². The number of aryl methyl sites for hydroxylation is 1. The maximum atomic E-state index is 12.1. The minimum atomic E-state index is -0.0180. The van der Waals surface area contributed by atoms with Crippen molar-refractivity contribution < 1.29 is 9.90 Å². The fourth-order valence-corrected chi connectivity index (χ4v) is 2.11. The van der Waals surface area contributed by atoms with E-state index in [2.05, 4.69) is 26.1 Å². The summed E-state index contributed by atoms with van der Waals surface area (Å²) >= 11 is 0. The van der Waals surface area contributed by atoms with E-state index in [0.717, 1.165) is 31.5 Å². The molecule has 108 valence electrons. The Balaban J connectivity index is 2.52. The zero-order valence-corrected chi connectivity index (χ0v) is 12.3. The number of carbonyl (C=O) groups is 1. The molecule has 1 amide bonds. The lowest BCUT2D eigenvalue weighted by molar-refractivity contribution is 0.0923. The van der Waals surface area contributed by atoms with Crippen molar-refractivity contribution in [3.8, 4) is 0 Å². The molecule has 0 aliphatic rings. The van der Waals surface area contributed by atoms with Crippen molar-refractivity contribution in [2.45, 2.75) is 46.6 Å². The molecule has 0 saturated heterocycles. The van der Waals surface area contributed by atoms with Gasteiger partial charge >= 0.3 is 0 Å². The number of rotatable bonds is 8. The van der Waals surface area contributed by atoms with E-state index < -0.39 is 0 Å². The maximum absolute atomic E-state index is 12.1. The number of nitrogens with one attached hydrogen (secondary N) is 1. The van der Waals surface area contributed by atoms with E-state index in [9.17, 15) is 4.79 Å². The predicted molar refractivity (Wildman–Crippen MR) is 77.2 cm³/mol. The third kappa shape index (κ3) is 5.07. The van der Waals surface area contributed by atoms with Crippen molar-refractivity contribution in [2.75, 3.05) is 13.2 Å². The van der Waals surface area contributed by atoms with Gasteiger partial charge in [0.15, 0.2) is 0 Å². The van der Waals surface area contributed by atoms with E-state index in [1.165, 1.54) is 0 Å². The maximum Gasteiger partial charge on any atom is 0.267 e. The molecule has 0 aliphatic carbocycles. The molecule has 0 atom stereocenters. The molecule has 1 rings (SSSR count). The second kappa shape index (κ2) is 7.34. The molecule has 0 bridgehead atoms. The van der Waals surface area contributed by atoms with Crippen LogP contribution in [0.4, 0.5) is 0 Å². The van der Waals surface area contributed by atoms with Crippen LogP contribution in [0.3, 0.4) is 0 Å². The van der Waals surface area contributed by atoms with E-state index in [-0.39, 0.29) is 17.9 Å². The molecular weight excluding hydrogens is 240 g/mol. The SMILES string of the molecule is CCCn1cccc1C(=O)NCC(C)(C)CCCO. The molecule has 0 radical (unpaired) electrons. The number of aromatic nitrogens is 1. The third-order valence-corrected chi connectivity index (χ3v) is 3.27. The molecule has 0 aliphatic heterocycles. The summed E-state index contributed by atoms with van der Waals surface area (Å²) in [5.74, 6) is -0.0180. The standard InChI is InChI=1S/C15H26N2O2/c1-4-9-17-10-5-7-13(17)14(19)16-12-15(2,3)8-6-11-18/h5,7,10,18H,4,6,8-9,11-12H2,1-3H3,(H,16,19). The van der Waals surface area contributed by atoms with Gasteiger partial charge in [-0.25, -0.2) is 0 Å². The smallest absolute Gasteiger partial charge is 0.267 e. The number of amides is 1. The summed E-state index contributed by atoms with van der Waals surface area (Å²) in [7, 11) is 0. The van der Waals surface area contributed by atoms with E-state index in [1.54, 1.807) is 0 Å². The molecule has 4 heteroatoms. The van der Waals surface area contributed by atoms with Crippen molar-refractivity contribution in [1.29, 1.82) is 0 Å². The number of hydrogen-bond donors (Lipinski definition) is 2. The van der Waals surface area contributed by atoms with Crippen LogP contribution in [-0.4, -0.2) is 28.7 Å². The van der Waals surface area contributed by atoms with Crippen LogP contribution in [-0.2, 0) is 6.54 Å². The largest absolute Gasteiger partial charge is 0.396 e. The third-order valence-electron chi connectivity index (χ3n) is 3.27. The van der Waals surface area contributed by atoms with Gasteiger partial charge in [-0.1, -0.05) is 20.8 Å². The highest BCUT2D eigenvalue weighted by Gasteiger charge is 2.19. The highest BCUT2D eigenvalue weighted by Crippen LogP contribution is 2.20. The lowest BCUT2D eigenvalue weighted by atomic mass is 9.88. The van der Waals surface area contributed by atoms with Gasteiger partial charge in [0.25, 0.3) is 5.91 Å². The predicted octanol–water partition coefficient (Wildman–Crippen LogP) is 2.43. The molecule has 19 heavy (non-hydrogen) atoms. The van der Waals surface area contributed by atoms with Crippen molar-refractivity contribution in [3.05, 3.63) is 24.0 Å². The first kappa shape index (κ1) is 15.8. The minimum Gasteiger partial charge on any atom is -0.396 e. The van der Waals surface area contributed by atoms with E-state index >= 15 is 0 Å². The second-order valence-corrected chi connectivity index (χ2v) is 5.76. The molecule has 0 saturated carbocycles. The van der Waals surface area contributed by atoms with E-state index in [1.807, 2.05) is 22.9 Å². The Bertz CT molecular complexity index is 397. The van der Waals surface area contributed by atoms with Gasteiger partial charge in [-0.15, -0.1) is 0 Å². The first-order chi connectivity index (χ1) is 9.00. The van der Waals surface area contributed by atoms with Gasteiger partial charge in [-0.05, 0) is 36.8 Å². The molecule has 2 N–H and O–H groups in total. The Morgan fingerprint density at radius 3 is 2.84 bits per heavy atom. The molecule has 1 heterocycles. The minimum absolute atomic E-state index is 0.0145. The number of aliphatic hydroxyl groups excluding tert-OH is 1. The van der Waals surface area contributed by atoms with Gasteiger partial charge in [0.1, 0.15) is 5.69 Å². The summed E-state index contributed by atoms with van der Waals surface area (Å²) in [5.41, 5.74) is 0.736. The number of carbonyl (C=O) groups excluding carboxylic acids is 1. The van der Waals surface area contributed by atoms with Crippen LogP contribution in [0.15, 0.2) is 18.3 Å². The molecule has 1 aromatic rings. The first-order valence-electron chi connectivity index (χ1n) is 7.04. The van der Waals surface area contributed by atoms with Crippen molar-refractivity contribution in [3.63, 3.8) is 0 Å². The van der Waals surface area contributed by atoms with Gasteiger partial charge in [-0.2, -0.15) is 0 Å². The Morgan fingerprint density at radius 1 is 1.47 bits per heavy atom. The van der Waals surface area contributed by atoms with Crippen LogP contribution in [0.25, 0.3) is 0 Å². The van der Waals surface area contributed by atoms with E-state index in [0.29, 0.717) is 6.54 Å². The average Bonchev–Trinajstić information content (AvgIpc) is 2.82. The average molecular weight is 266 g/mol. The van der Waals surface area contributed by atoms with Gasteiger partial charge in [0.2, 0.25) is 0 Å². The highest BCUT2D eigenvalue weighted by atomic mass is 16.2. The summed E-state index contributed by atoms with van der Waals surface area (Å²) in [4.78, 5) is 12.1. The normalized spacial score (nSPS) is 11.6. The summed E-state index contributed by atoms with van der Waals surface area (Å²) in [6, 6.07) is 3.76. The molecule has 4 nitrogen and oxygen atoms in total. The van der Waals surface area contributed by atoms with Gasteiger partial charge in [-0.3, -0.25) is 4.79 Å². The molecule has 0 unspecified atom stereocenters. The van der Waals surface area contributed by atoms with Crippen LogP contribution >= 0.6 is 0 Å². The number of hydrogen-bond acceptors (Lipinski definition) is 2. The fraction of sp³-hybridized carbons (Fsp3) is 0.667. The Labute approximate surface area is 115 Å². The zero-order valence-electron chi connectivity index (χ0n) is 12.3. The van der Waals surface area contributed by atoms with Crippen LogP contribution < -0.4 is 5.32 Å². The second-order valence-electron chi connectivity index (χ2n) is 5.76. The van der Waals surface area contributed by atoms with Crippen molar-refractivity contribution in [1.82, 2.24) is 9.88 Å². The summed E-state index contributed by atoms with van der Waals surface area (Å²) in [6.07, 6.45) is 4.63. The zero-order chi connectivity index (χ0) is 14.3. The first-order valence-corrected chi connectivity index (χ1v) is 7.04. The quantitative estimate of drug-likeness (QED) is 0.759. The Kier molecular flexibility index (Phi) is 6.09. The molecule has 1 aromatic heterocycles. The lowest BCUT2D eigenvalue weighted by Crippen LogP contribution is -2.35. The fourth-order valence-electron chi connectivity index (χ4n) is 2.11. The molecule has 0 spiro atoms. The highest BCUT2D eigenvalue weighted by molar-refractivity contribution is 5.92.